The van der Waals surface area contributed by atoms with Crippen molar-refractivity contribution in [3.8, 4) is 0 Å². The van der Waals surface area contributed by atoms with Crippen LogP contribution >= 0.6 is 0 Å². The van der Waals surface area contributed by atoms with Crippen molar-refractivity contribution in [3.63, 3.8) is 0 Å². The molecular formula is C15H24. The Labute approximate surface area is 94.7 Å². The van der Waals surface area contributed by atoms with E-state index in [2.05, 4.69) is 45.0 Å². The third-order valence-electron chi connectivity index (χ3n) is 3.04. The Hall–Kier alpha value is -0.780. The van der Waals surface area contributed by atoms with E-state index >= 15 is 0 Å². The van der Waals surface area contributed by atoms with Crippen molar-refractivity contribution in [2.24, 2.45) is 5.92 Å². The van der Waals surface area contributed by atoms with Gasteiger partial charge in [0.1, 0.15) is 0 Å². The fourth-order valence-electron chi connectivity index (χ4n) is 2.22. The highest BCUT2D eigenvalue weighted by Crippen LogP contribution is 2.19. The van der Waals surface area contributed by atoms with Gasteiger partial charge in [-0.05, 0) is 24.8 Å². The van der Waals surface area contributed by atoms with Crippen LogP contribution in [-0.2, 0) is 6.42 Å². The molecule has 0 aliphatic carbocycles. The molecule has 0 amide bonds. The first-order valence-electron chi connectivity index (χ1n) is 6.31. The first kappa shape index (κ1) is 12.3. The van der Waals surface area contributed by atoms with Crippen LogP contribution in [-0.4, -0.2) is 0 Å². The van der Waals surface area contributed by atoms with Gasteiger partial charge in [-0.2, -0.15) is 0 Å². The monoisotopic (exact) mass is 204 g/mol. The Morgan fingerprint density at radius 1 is 0.933 bits per heavy atom. The van der Waals surface area contributed by atoms with E-state index in [4.69, 9.17) is 0 Å². The van der Waals surface area contributed by atoms with Crippen LogP contribution in [0.2, 0.25) is 0 Å². The van der Waals surface area contributed by atoms with Gasteiger partial charge in [0, 0.05) is 0 Å². The van der Waals surface area contributed by atoms with Gasteiger partial charge in [0.15, 0.2) is 0 Å². The Kier molecular flexibility index (Phi) is 5.45. The maximum Gasteiger partial charge on any atom is -0.0250 e. The maximum absolute atomic E-state index is 2.29. The van der Waals surface area contributed by atoms with Crippen molar-refractivity contribution in [2.75, 3.05) is 0 Å². The first-order chi connectivity index (χ1) is 7.26. The molecule has 0 aromatic heterocycles. The van der Waals surface area contributed by atoms with Gasteiger partial charge in [-0.3, -0.25) is 0 Å². The quantitative estimate of drug-likeness (QED) is 0.627. The van der Waals surface area contributed by atoms with Crippen LogP contribution < -0.4 is 0 Å². The highest BCUT2D eigenvalue weighted by Gasteiger charge is 2.07. The Morgan fingerprint density at radius 2 is 1.47 bits per heavy atom. The van der Waals surface area contributed by atoms with Crippen LogP contribution in [0.25, 0.3) is 0 Å². The molecule has 0 radical (unpaired) electrons. The summed E-state index contributed by atoms with van der Waals surface area (Å²) in [6.07, 6.45) is 6.65. The highest BCUT2D eigenvalue weighted by molar-refractivity contribution is 5.21. The lowest BCUT2D eigenvalue weighted by Crippen LogP contribution is -2.04. The van der Waals surface area contributed by atoms with Crippen molar-refractivity contribution >= 4 is 0 Å². The van der Waals surface area contributed by atoms with Crippen molar-refractivity contribution < 1.29 is 0 Å². The molecule has 0 atom stereocenters. The third kappa shape index (κ3) is 4.51. The lowest BCUT2D eigenvalue weighted by molar-refractivity contribution is 0.438. The van der Waals surface area contributed by atoms with Gasteiger partial charge < -0.3 is 0 Å². The zero-order valence-corrected chi connectivity index (χ0v) is 10.4. The summed E-state index contributed by atoms with van der Waals surface area (Å²) < 4.78 is 0. The number of benzene rings is 1. The zero-order chi connectivity index (χ0) is 11.1. The minimum absolute atomic E-state index is 0.891. The van der Waals surface area contributed by atoms with Crippen LogP contribution in [0, 0.1) is 12.8 Å². The Morgan fingerprint density at radius 3 is 1.93 bits per heavy atom. The molecule has 0 heterocycles. The number of rotatable bonds is 6. The average Bonchev–Trinajstić information content (AvgIpc) is 2.22. The van der Waals surface area contributed by atoms with E-state index in [0.717, 1.165) is 5.92 Å². The van der Waals surface area contributed by atoms with Gasteiger partial charge in [-0.15, -0.1) is 0 Å². The predicted molar refractivity (Wildman–Crippen MR) is 68.2 cm³/mol. The number of aryl methyl sites for hydroxylation is 1. The molecule has 1 aromatic rings. The van der Waals surface area contributed by atoms with Crippen molar-refractivity contribution in [1.29, 1.82) is 0 Å². The summed E-state index contributed by atoms with van der Waals surface area (Å²) in [4.78, 5) is 0. The molecule has 0 aliphatic heterocycles. The lowest BCUT2D eigenvalue weighted by Gasteiger charge is -2.15. The topological polar surface area (TPSA) is 0 Å². The molecule has 0 saturated carbocycles. The molecular weight excluding hydrogens is 180 g/mol. The summed E-state index contributed by atoms with van der Waals surface area (Å²) in [5, 5.41) is 0. The minimum atomic E-state index is 0.891. The van der Waals surface area contributed by atoms with Crippen LogP contribution in [0.4, 0.5) is 0 Å². The maximum atomic E-state index is 2.29. The summed E-state index contributed by atoms with van der Waals surface area (Å²) in [6, 6.07) is 9.02. The van der Waals surface area contributed by atoms with Crippen molar-refractivity contribution in [1.82, 2.24) is 0 Å². The predicted octanol–water partition coefficient (Wildman–Crippen LogP) is 4.75. The van der Waals surface area contributed by atoms with Crippen LogP contribution in [0.15, 0.2) is 24.3 Å². The van der Waals surface area contributed by atoms with E-state index in [1.165, 1.54) is 43.2 Å². The summed E-state index contributed by atoms with van der Waals surface area (Å²) in [5.41, 5.74) is 2.87. The van der Waals surface area contributed by atoms with E-state index in [9.17, 15) is 0 Å². The van der Waals surface area contributed by atoms with Crippen molar-refractivity contribution in [3.05, 3.63) is 35.4 Å². The van der Waals surface area contributed by atoms with Crippen molar-refractivity contribution in [2.45, 2.75) is 52.9 Å². The van der Waals surface area contributed by atoms with Gasteiger partial charge in [-0.25, -0.2) is 0 Å². The van der Waals surface area contributed by atoms with Crippen LogP contribution in [0.3, 0.4) is 0 Å². The molecule has 0 unspecified atom stereocenters. The van der Waals surface area contributed by atoms with Gasteiger partial charge >= 0.3 is 0 Å². The zero-order valence-electron chi connectivity index (χ0n) is 10.4. The van der Waals surface area contributed by atoms with Gasteiger partial charge in [0.05, 0.1) is 0 Å². The summed E-state index contributed by atoms with van der Waals surface area (Å²) >= 11 is 0. The SMILES string of the molecule is CCCC(CCC)Cc1ccc(C)cc1. The minimum Gasteiger partial charge on any atom is -0.0654 e. The molecule has 0 N–H and O–H groups in total. The smallest absolute Gasteiger partial charge is 0.0250 e. The normalized spacial score (nSPS) is 10.9. The molecule has 0 heteroatoms. The molecule has 1 aromatic carbocycles. The molecule has 1 rings (SSSR count). The Balaban J connectivity index is 2.53. The number of hydrogen-bond acceptors (Lipinski definition) is 0. The van der Waals surface area contributed by atoms with E-state index in [1.54, 1.807) is 0 Å². The summed E-state index contributed by atoms with van der Waals surface area (Å²) in [6.45, 7) is 6.73. The van der Waals surface area contributed by atoms with Gasteiger partial charge in [0.2, 0.25) is 0 Å². The fraction of sp³-hybridized carbons (Fsp3) is 0.600. The molecule has 0 aliphatic rings. The summed E-state index contributed by atoms with van der Waals surface area (Å²) in [5.74, 6) is 0.891. The molecule has 84 valence electrons. The van der Waals surface area contributed by atoms with E-state index in [-0.39, 0.29) is 0 Å². The van der Waals surface area contributed by atoms with E-state index in [1.807, 2.05) is 0 Å². The van der Waals surface area contributed by atoms with E-state index < -0.39 is 0 Å². The molecule has 0 nitrogen and oxygen atoms in total. The molecule has 0 spiro atoms. The Bertz CT molecular complexity index is 252. The first-order valence-corrected chi connectivity index (χ1v) is 6.31. The highest BCUT2D eigenvalue weighted by atomic mass is 14.1. The van der Waals surface area contributed by atoms with Crippen LogP contribution in [0.1, 0.15) is 50.7 Å². The molecule has 15 heavy (non-hydrogen) atoms. The second-order valence-corrected chi connectivity index (χ2v) is 4.63. The molecule has 0 bridgehead atoms. The third-order valence-corrected chi connectivity index (χ3v) is 3.04. The fourth-order valence-corrected chi connectivity index (χ4v) is 2.22. The number of hydrogen-bond donors (Lipinski definition) is 0. The van der Waals surface area contributed by atoms with Crippen LogP contribution in [0.5, 0.6) is 0 Å². The largest absolute Gasteiger partial charge is 0.0654 e. The molecule has 0 fully saturated rings. The second kappa shape index (κ2) is 6.66. The van der Waals surface area contributed by atoms with Gasteiger partial charge in [0.25, 0.3) is 0 Å². The van der Waals surface area contributed by atoms with E-state index in [0.29, 0.717) is 0 Å². The summed E-state index contributed by atoms with van der Waals surface area (Å²) in [7, 11) is 0. The molecule has 0 saturated heterocycles. The average molecular weight is 204 g/mol. The lowest BCUT2D eigenvalue weighted by atomic mass is 9.91. The van der Waals surface area contributed by atoms with Gasteiger partial charge in [-0.1, -0.05) is 69.4 Å². The standard InChI is InChI=1S/C15H24/c1-4-6-14(7-5-2)12-15-10-8-13(3)9-11-15/h8-11,14H,4-7,12H2,1-3H3. The second-order valence-electron chi connectivity index (χ2n) is 4.63.